The minimum Gasteiger partial charge on any atom is -0.495 e. The molecule has 2 aromatic carbocycles. The van der Waals surface area contributed by atoms with Crippen LogP contribution >= 0.6 is 11.3 Å². The Balaban J connectivity index is 1.61. The predicted molar refractivity (Wildman–Crippen MR) is 125 cm³/mol. The average molecular weight is 471 g/mol. The number of hydrogen-bond donors (Lipinski definition) is 1. The third kappa shape index (κ3) is 4.21. The molecule has 0 atom stereocenters. The van der Waals surface area contributed by atoms with Gasteiger partial charge in [0.05, 0.1) is 30.5 Å². The normalized spacial score (nSPS) is 11.5. The number of thiophene rings is 1. The van der Waals surface area contributed by atoms with E-state index >= 15 is 0 Å². The standard InChI is InChI=1S/C23H22N2O5S2/c1-15-6-8-19(29-3)22(11-15)32(27,28)25(2)17-7-9-20-16(12-17)13-21(31-20)23(26)24-14-18-5-4-10-30-18/h4-13H,14H2,1-3H3,(H,24,26). The first-order chi connectivity index (χ1) is 15.3. The molecule has 2 heterocycles. The fourth-order valence-corrected chi connectivity index (χ4v) is 5.66. The number of carbonyl (C=O) groups excluding carboxylic acids is 1. The summed E-state index contributed by atoms with van der Waals surface area (Å²) in [6.45, 7) is 2.12. The molecule has 0 aliphatic heterocycles. The van der Waals surface area contributed by atoms with Gasteiger partial charge in [0.25, 0.3) is 15.9 Å². The van der Waals surface area contributed by atoms with Crippen molar-refractivity contribution in [2.45, 2.75) is 18.4 Å². The average Bonchev–Trinajstić information content (AvgIpc) is 3.46. The Kier molecular flexibility index (Phi) is 5.94. The molecule has 1 amide bonds. The van der Waals surface area contributed by atoms with Crippen LogP contribution in [0.3, 0.4) is 0 Å². The third-order valence-corrected chi connectivity index (χ3v) is 7.97. The number of nitrogens with one attached hydrogen (secondary N) is 1. The zero-order chi connectivity index (χ0) is 22.9. The summed E-state index contributed by atoms with van der Waals surface area (Å²) in [6.07, 6.45) is 1.55. The summed E-state index contributed by atoms with van der Waals surface area (Å²) < 4.78 is 39.2. The van der Waals surface area contributed by atoms with Crippen molar-refractivity contribution in [3.63, 3.8) is 0 Å². The highest BCUT2D eigenvalue weighted by Crippen LogP contribution is 2.33. The highest BCUT2D eigenvalue weighted by Gasteiger charge is 2.26. The predicted octanol–water partition coefficient (Wildman–Crippen LogP) is 4.57. The van der Waals surface area contributed by atoms with E-state index in [2.05, 4.69) is 5.32 Å². The molecule has 0 bridgehead atoms. The molecule has 0 spiro atoms. The Morgan fingerprint density at radius 1 is 1.16 bits per heavy atom. The fraction of sp³-hybridized carbons (Fsp3) is 0.174. The van der Waals surface area contributed by atoms with E-state index in [0.717, 1.165) is 15.6 Å². The molecule has 0 radical (unpaired) electrons. The van der Waals surface area contributed by atoms with Crippen molar-refractivity contribution in [2.24, 2.45) is 0 Å². The number of amides is 1. The number of ether oxygens (including phenoxy) is 1. The molecule has 2 aromatic heterocycles. The van der Waals surface area contributed by atoms with E-state index in [1.807, 2.05) is 13.0 Å². The second-order valence-electron chi connectivity index (χ2n) is 7.22. The van der Waals surface area contributed by atoms with Crippen molar-refractivity contribution in [3.05, 3.63) is 77.1 Å². The third-order valence-electron chi connectivity index (χ3n) is 5.05. The van der Waals surface area contributed by atoms with Crippen LogP contribution < -0.4 is 14.4 Å². The summed E-state index contributed by atoms with van der Waals surface area (Å²) in [6, 6.07) is 15.6. The van der Waals surface area contributed by atoms with Gasteiger partial charge >= 0.3 is 0 Å². The first kappa shape index (κ1) is 21.9. The number of furan rings is 1. The first-order valence-electron chi connectivity index (χ1n) is 9.77. The lowest BCUT2D eigenvalue weighted by Gasteiger charge is -2.21. The van der Waals surface area contributed by atoms with E-state index in [4.69, 9.17) is 9.15 Å². The van der Waals surface area contributed by atoms with Gasteiger partial charge < -0.3 is 14.5 Å². The SMILES string of the molecule is COc1ccc(C)cc1S(=O)(=O)N(C)c1ccc2sc(C(=O)NCc3ccco3)cc2c1. The van der Waals surface area contributed by atoms with Gasteiger partial charge in [-0.1, -0.05) is 6.07 Å². The Morgan fingerprint density at radius 2 is 1.97 bits per heavy atom. The molecule has 7 nitrogen and oxygen atoms in total. The van der Waals surface area contributed by atoms with Crippen LogP contribution in [0.25, 0.3) is 10.1 Å². The fourth-order valence-electron chi connectivity index (χ4n) is 3.28. The summed E-state index contributed by atoms with van der Waals surface area (Å²) in [5.41, 5.74) is 1.30. The topological polar surface area (TPSA) is 88.9 Å². The minimum atomic E-state index is -3.85. The van der Waals surface area contributed by atoms with Crippen molar-refractivity contribution < 1.29 is 22.4 Å². The lowest BCUT2D eigenvalue weighted by atomic mass is 10.2. The van der Waals surface area contributed by atoms with Crippen LogP contribution in [0, 0.1) is 6.92 Å². The van der Waals surface area contributed by atoms with Crippen LogP contribution in [-0.4, -0.2) is 28.5 Å². The molecule has 0 unspecified atom stereocenters. The van der Waals surface area contributed by atoms with Gasteiger partial charge in [-0.15, -0.1) is 11.3 Å². The van der Waals surface area contributed by atoms with Crippen molar-refractivity contribution >= 4 is 43.0 Å². The van der Waals surface area contributed by atoms with Crippen LogP contribution in [-0.2, 0) is 16.6 Å². The monoisotopic (exact) mass is 470 g/mol. The number of methoxy groups -OCH3 is 1. The quantitative estimate of drug-likeness (QED) is 0.428. The Labute approximate surface area is 190 Å². The van der Waals surface area contributed by atoms with Gasteiger partial charge in [-0.25, -0.2) is 8.42 Å². The first-order valence-corrected chi connectivity index (χ1v) is 12.0. The number of carbonyl (C=O) groups is 1. The number of benzene rings is 2. The van der Waals surface area contributed by atoms with E-state index < -0.39 is 10.0 Å². The van der Waals surface area contributed by atoms with E-state index in [-0.39, 0.29) is 16.6 Å². The number of hydrogen-bond acceptors (Lipinski definition) is 6. The van der Waals surface area contributed by atoms with E-state index in [1.54, 1.807) is 54.8 Å². The minimum absolute atomic E-state index is 0.103. The molecule has 0 saturated heterocycles. The number of sulfonamides is 1. The Morgan fingerprint density at radius 3 is 2.69 bits per heavy atom. The zero-order valence-corrected chi connectivity index (χ0v) is 19.4. The van der Waals surface area contributed by atoms with Crippen LogP contribution in [0.1, 0.15) is 21.0 Å². The van der Waals surface area contributed by atoms with Crippen molar-refractivity contribution in [1.29, 1.82) is 0 Å². The van der Waals surface area contributed by atoms with Crippen molar-refractivity contribution in [3.8, 4) is 5.75 Å². The van der Waals surface area contributed by atoms with E-state index in [9.17, 15) is 13.2 Å². The number of anilines is 1. The van der Waals surface area contributed by atoms with Gasteiger partial charge in [-0.2, -0.15) is 0 Å². The molecule has 4 rings (SSSR count). The molecule has 166 valence electrons. The summed E-state index contributed by atoms with van der Waals surface area (Å²) in [7, 11) is -0.902. The van der Waals surface area contributed by atoms with Crippen LogP contribution in [0.5, 0.6) is 5.75 Å². The molecule has 9 heteroatoms. The molecule has 32 heavy (non-hydrogen) atoms. The van der Waals surface area contributed by atoms with Crippen molar-refractivity contribution in [2.75, 3.05) is 18.5 Å². The van der Waals surface area contributed by atoms with Crippen molar-refractivity contribution in [1.82, 2.24) is 5.32 Å². The summed E-state index contributed by atoms with van der Waals surface area (Å²) >= 11 is 1.34. The molecule has 1 N–H and O–H groups in total. The lowest BCUT2D eigenvalue weighted by Crippen LogP contribution is -2.27. The van der Waals surface area contributed by atoms with Crippen LogP contribution in [0.2, 0.25) is 0 Å². The van der Waals surface area contributed by atoms with Gasteiger partial charge in [-0.05, 0) is 66.4 Å². The largest absolute Gasteiger partial charge is 0.495 e. The van der Waals surface area contributed by atoms with Gasteiger partial charge in [-0.3, -0.25) is 9.10 Å². The van der Waals surface area contributed by atoms with Gasteiger partial charge in [0, 0.05) is 11.7 Å². The zero-order valence-electron chi connectivity index (χ0n) is 17.8. The number of fused-ring (bicyclic) bond motifs is 1. The maximum atomic E-state index is 13.3. The Bertz CT molecular complexity index is 1370. The number of aryl methyl sites for hydroxylation is 1. The summed E-state index contributed by atoms with van der Waals surface area (Å²) in [5.74, 6) is 0.740. The van der Waals surface area contributed by atoms with Gasteiger partial charge in [0.15, 0.2) is 0 Å². The molecule has 0 aliphatic carbocycles. The second kappa shape index (κ2) is 8.68. The molecule has 4 aromatic rings. The van der Waals surface area contributed by atoms with Crippen LogP contribution in [0.4, 0.5) is 5.69 Å². The molecule has 0 saturated carbocycles. The highest BCUT2D eigenvalue weighted by atomic mass is 32.2. The number of rotatable bonds is 7. The molecular formula is C23H22N2O5S2. The molecule has 0 fully saturated rings. The Hall–Kier alpha value is -3.30. The summed E-state index contributed by atoms with van der Waals surface area (Å²) in [5, 5.41) is 3.61. The highest BCUT2D eigenvalue weighted by molar-refractivity contribution is 7.93. The molecule has 0 aliphatic rings. The molecular weight excluding hydrogens is 448 g/mol. The maximum Gasteiger partial charge on any atom is 0.267 e. The number of nitrogens with zero attached hydrogens (tertiary/aromatic N) is 1. The lowest BCUT2D eigenvalue weighted by molar-refractivity contribution is 0.0952. The van der Waals surface area contributed by atoms with Crippen LogP contribution in [0.15, 0.2) is 70.2 Å². The summed E-state index contributed by atoms with van der Waals surface area (Å²) in [4.78, 5) is 13.2. The smallest absolute Gasteiger partial charge is 0.267 e. The van der Waals surface area contributed by atoms with Gasteiger partial charge in [0.1, 0.15) is 16.4 Å². The second-order valence-corrected chi connectivity index (χ2v) is 10.2. The van der Waals surface area contributed by atoms with E-state index in [1.165, 1.54) is 29.8 Å². The van der Waals surface area contributed by atoms with Gasteiger partial charge in [0.2, 0.25) is 0 Å². The van der Waals surface area contributed by atoms with E-state index in [0.29, 0.717) is 22.9 Å². The maximum absolute atomic E-state index is 13.3.